The van der Waals surface area contributed by atoms with Gasteiger partial charge < -0.3 is 15.2 Å². The van der Waals surface area contributed by atoms with Gasteiger partial charge in [0.2, 0.25) is 10.0 Å². The number of hydrogen-bond acceptors (Lipinski definition) is 5. The van der Waals surface area contributed by atoms with Crippen LogP contribution in [-0.2, 0) is 14.8 Å². The normalized spacial score (nSPS) is 13.2. The van der Waals surface area contributed by atoms with Crippen LogP contribution >= 0.6 is 0 Å². The van der Waals surface area contributed by atoms with Gasteiger partial charge in [0, 0.05) is 19.7 Å². The molecule has 3 N–H and O–H groups in total. The fourth-order valence-electron chi connectivity index (χ4n) is 1.55. The third-order valence-electron chi connectivity index (χ3n) is 2.53. The lowest BCUT2D eigenvalue weighted by Gasteiger charge is -2.13. The summed E-state index contributed by atoms with van der Waals surface area (Å²) < 4.78 is 37.2. The minimum atomic E-state index is -3.52. The van der Waals surface area contributed by atoms with E-state index in [0.29, 0.717) is 25.5 Å². The van der Waals surface area contributed by atoms with Gasteiger partial charge in [0.1, 0.15) is 12.4 Å². The summed E-state index contributed by atoms with van der Waals surface area (Å²) in [7, 11) is -3.52. The number of nitrogens with two attached hydrogens (primary N) is 1. The molecule has 0 amide bonds. The second-order valence-electron chi connectivity index (χ2n) is 4.23. The minimum absolute atomic E-state index is 0.165. The van der Waals surface area contributed by atoms with Crippen molar-refractivity contribution in [1.29, 1.82) is 0 Å². The maximum atomic E-state index is 12.0. The minimum Gasteiger partial charge on any atom is -0.492 e. The molecule has 7 heteroatoms. The lowest BCUT2D eigenvalue weighted by atomic mass is 10.3. The predicted molar refractivity (Wildman–Crippen MR) is 77.3 cm³/mol. The largest absolute Gasteiger partial charge is 0.492 e. The molecule has 114 valence electrons. The SMILES string of the molecule is CCOC(C)CNS(=O)(=O)c1ccc(OCCN)cc1. The van der Waals surface area contributed by atoms with Crippen molar-refractivity contribution in [1.82, 2.24) is 4.72 Å². The van der Waals surface area contributed by atoms with Gasteiger partial charge in [-0.15, -0.1) is 0 Å². The highest BCUT2D eigenvalue weighted by molar-refractivity contribution is 7.89. The van der Waals surface area contributed by atoms with Crippen molar-refractivity contribution in [2.45, 2.75) is 24.8 Å². The average molecular weight is 302 g/mol. The van der Waals surface area contributed by atoms with Crippen LogP contribution in [0.2, 0.25) is 0 Å². The van der Waals surface area contributed by atoms with Crippen molar-refractivity contribution in [2.75, 3.05) is 26.3 Å². The summed E-state index contributed by atoms with van der Waals surface area (Å²) in [5.41, 5.74) is 5.33. The van der Waals surface area contributed by atoms with Crippen LogP contribution in [0.1, 0.15) is 13.8 Å². The number of sulfonamides is 1. The maximum Gasteiger partial charge on any atom is 0.240 e. The van der Waals surface area contributed by atoms with Gasteiger partial charge in [-0.1, -0.05) is 0 Å². The van der Waals surface area contributed by atoms with E-state index in [9.17, 15) is 8.42 Å². The van der Waals surface area contributed by atoms with Gasteiger partial charge in [-0.3, -0.25) is 0 Å². The molecule has 0 bridgehead atoms. The Hall–Kier alpha value is -1.15. The molecule has 0 fully saturated rings. The molecule has 0 spiro atoms. The third kappa shape index (κ3) is 5.46. The summed E-state index contributed by atoms with van der Waals surface area (Å²) in [6.45, 7) is 5.28. The summed E-state index contributed by atoms with van der Waals surface area (Å²) >= 11 is 0. The summed E-state index contributed by atoms with van der Waals surface area (Å²) in [4.78, 5) is 0.196. The molecule has 0 heterocycles. The van der Waals surface area contributed by atoms with Crippen LogP contribution in [0.15, 0.2) is 29.2 Å². The standard InChI is InChI=1S/C13H22N2O4S/c1-3-18-11(2)10-15-20(16,17)13-6-4-12(5-7-13)19-9-8-14/h4-7,11,15H,3,8-10,14H2,1-2H3. The highest BCUT2D eigenvalue weighted by Crippen LogP contribution is 2.15. The highest BCUT2D eigenvalue weighted by atomic mass is 32.2. The zero-order chi connectivity index (χ0) is 15.0. The lowest BCUT2D eigenvalue weighted by molar-refractivity contribution is 0.0799. The molecule has 0 saturated carbocycles. The van der Waals surface area contributed by atoms with Gasteiger partial charge in [-0.25, -0.2) is 13.1 Å². The second-order valence-corrected chi connectivity index (χ2v) is 5.99. The summed E-state index contributed by atoms with van der Waals surface area (Å²) in [5, 5.41) is 0. The van der Waals surface area contributed by atoms with Crippen LogP contribution in [-0.4, -0.2) is 40.8 Å². The smallest absolute Gasteiger partial charge is 0.240 e. The van der Waals surface area contributed by atoms with Gasteiger partial charge in [-0.2, -0.15) is 0 Å². The Balaban J connectivity index is 2.63. The molecule has 0 saturated heterocycles. The number of ether oxygens (including phenoxy) is 2. The highest BCUT2D eigenvalue weighted by Gasteiger charge is 2.15. The van der Waals surface area contributed by atoms with Crippen molar-refractivity contribution in [3.63, 3.8) is 0 Å². The van der Waals surface area contributed by atoms with E-state index < -0.39 is 10.0 Å². The average Bonchev–Trinajstić information content (AvgIpc) is 2.44. The summed E-state index contributed by atoms with van der Waals surface area (Å²) in [6.07, 6.45) is -0.165. The monoisotopic (exact) mass is 302 g/mol. The van der Waals surface area contributed by atoms with Gasteiger partial charge in [0.15, 0.2) is 0 Å². The number of benzene rings is 1. The third-order valence-corrected chi connectivity index (χ3v) is 3.97. The van der Waals surface area contributed by atoms with E-state index in [1.807, 2.05) is 13.8 Å². The molecule has 0 aliphatic carbocycles. The van der Waals surface area contributed by atoms with Crippen molar-refractivity contribution in [2.24, 2.45) is 5.73 Å². The van der Waals surface area contributed by atoms with Gasteiger partial charge in [0.25, 0.3) is 0 Å². The second kappa shape index (κ2) is 8.21. The molecular formula is C13H22N2O4S. The zero-order valence-corrected chi connectivity index (χ0v) is 12.7. The summed E-state index contributed by atoms with van der Waals surface area (Å²) in [5.74, 6) is 0.595. The van der Waals surface area contributed by atoms with Crippen molar-refractivity contribution in [3.05, 3.63) is 24.3 Å². The van der Waals surface area contributed by atoms with Gasteiger partial charge in [-0.05, 0) is 38.1 Å². The van der Waals surface area contributed by atoms with Crippen molar-refractivity contribution in [3.8, 4) is 5.75 Å². The van der Waals surface area contributed by atoms with Gasteiger partial charge >= 0.3 is 0 Å². The van der Waals surface area contributed by atoms with Gasteiger partial charge in [0.05, 0.1) is 11.0 Å². The fraction of sp³-hybridized carbons (Fsp3) is 0.538. The predicted octanol–water partition coefficient (Wildman–Crippen LogP) is 0.727. The van der Waals surface area contributed by atoms with E-state index in [0.717, 1.165) is 0 Å². The zero-order valence-electron chi connectivity index (χ0n) is 11.8. The van der Waals surface area contributed by atoms with E-state index in [1.54, 1.807) is 12.1 Å². The van der Waals surface area contributed by atoms with E-state index in [4.69, 9.17) is 15.2 Å². The van der Waals surface area contributed by atoms with E-state index in [-0.39, 0.29) is 17.5 Å². The van der Waals surface area contributed by atoms with Crippen LogP contribution in [0, 0.1) is 0 Å². The molecule has 0 aliphatic heterocycles. The first-order chi connectivity index (χ1) is 9.49. The molecule has 1 unspecified atom stereocenters. The first-order valence-electron chi connectivity index (χ1n) is 6.53. The molecule has 0 aromatic heterocycles. The van der Waals surface area contributed by atoms with Crippen LogP contribution in [0.4, 0.5) is 0 Å². The Morgan fingerprint density at radius 2 is 1.95 bits per heavy atom. The van der Waals surface area contributed by atoms with E-state index in [2.05, 4.69) is 4.72 Å². The molecule has 6 nitrogen and oxygen atoms in total. The van der Waals surface area contributed by atoms with E-state index >= 15 is 0 Å². The Morgan fingerprint density at radius 1 is 1.30 bits per heavy atom. The number of hydrogen-bond donors (Lipinski definition) is 2. The Labute approximate surface area is 120 Å². The first-order valence-corrected chi connectivity index (χ1v) is 8.02. The van der Waals surface area contributed by atoms with Crippen molar-refractivity contribution < 1.29 is 17.9 Å². The number of rotatable bonds is 9. The van der Waals surface area contributed by atoms with Crippen molar-refractivity contribution >= 4 is 10.0 Å². The molecule has 1 aromatic rings. The van der Waals surface area contributed by atoms with Crippen LogP contribution in [0.5, 0.6) is 5.75 Å². The summed E-state index contributed by atoms with van der Waals surface area (Å²) in [6, 6.07) is 6.21. The Kier molecular flexibility index (Phi) is 6.94. The first kappa shape index (κ1) is 16.9. The maximum absolute atomic E-state index is 12.0. The number of nitrogens with one attached hydrogen (secondary N) is 1. The quantitative estimate of drug-likeness (QED) is 0.701. The molecule has 1 rings (SSSR count). The molecule has 0 aliphatic rings. The fourth-order valence-corrected chi connectivity index (χ4v) is 2.66. The van der Waals surface area contributed by atoms with Crippen LogP contribution < -0.4 is 15.2 Å². The molecule has 1 aromatic carbocycles. The molecule has 1 atom stereocenters. The van der Waals surface area contributed by atoms with E-state index in [1.165, 1.54) is 12.1 Å². The Bertz CT molecular complexity index is 488. The molecular weight excluding hydrogens is 280 g/mol. The molecule has 20 heavy (non-hydrogen) atoms. The topological polar surface area (TPSA) is 90.6 Å². The Morgan fingerprint density at radius 3 is 2.50 bits per heavy atom. The lowest BCUT2D eigenvalue weighted by Crippen LogP contribution is -2.32. The molecule has 0 radical (unpaired) electrons. The van der Waals surface area contributed by atoms with Crippen LogP contribution in [0.25, 0.3) is 0 Å². The van der Waals surface area contributed by atoms with Crippen LogP contribution in [0.3, 0.4) is 0 Å².